The van der Waals surface area contributed by atoms with Gasteiger partial charge in [0.25, 0.3) is 0 Å². The molecule has 0 aliphatic rings. The van der Waals surface area contributed by atoms with E-state index in [9.17, 15) is 4.79 Å². The summed E-state index contributed by atoms with van der Waals surface area (Å²) in [4.78, 5) is 10.5. The minimum absolute atomic E-state index is 0.174. The monoisotopic (exact) mass is 224 g/mol. The fourth-order valence-electron chi connectivity index (χ4n) is 0.826. The first-order valence-electron chi connectivity index (χ1n) is 4.17. The van der Waals surface area contributed by atoms with Crippen LogP contribution in [-0.4, -0.2) is 11.1 Å². The zero-order chi connectivity index (χ0) is 11.3. The number of carbonyl (C=O) groups is 1. The molecule has 0 fully saturated rings. The zero-order valence-electron chi connectivity index (χ0n) is 8.01. The molecule has 0 bridgehead atoms. The van der Waals surface area contributed by atoms with Crippen molar-refractivity contribution < 1.29 is 9.90 Å². The molecule has 0 atom stereocenters. The Morgan fingerprint density at radius 1 is 1.33 bits per heavy atom. The van der Waals surface area contributed by atoms with E-state index in [0.29, 0.717) is 5.69 Å². The van der Waals surface area contributed by atoms with Crippen LogP contribution < -0.4 is 0 Å². The van der Waals surface area contributed by atoms with Crippen molar-refractivity contribution >= 4 is 23.3 Å². The molecule has 1 rings (SSSR count). The first-order chi connectivity index (χ1) is 7.11. The van der Waals surface area contributed by atoms with Crippen molar-refractivity contribution in [3.63, 3.8) is 0 Å². The molecule has 0 saturated carbocycles. The van der Waals surface area contributed by atoms with Crippen molar-refractivity contribution in [3.05, 3.63) is 41.1 Å². The summed E-state index contributed by atoms with van der Waals surface area (Å²) in [6, 6.07) is 8.99. The highest BCUT2D eigenvalue weighted by Gasteiger charge is 2.06. The fourth-order valence-corrected chi connectivity index (χ4v) is 0.864. The molecule has 0 aliphatic heterocycles. The lowest BCUT2D eigenvalue weighted by Gasteiger charge is -1.94. The van der Waals surface area contributed by atoms with Gasteiger partial charge in [0.1, 0.15) is 5.03 Å². The third kappa shape index (κ3) is 3.52. The van der Waals surface area contributed by atoms with E-state index in [1.54, 1.807) is 12.1 Å². The lowest BCUT2D eigenvalue weighted by atomic mass is 10.3. The average molecular weight is 225 g/mol. The van der Waals surface area contributed by atoms with E-state index in [0.717, 1.165) is 0 Å². The minimum Gasteiger partial charge on any atom is -0.477 e. The summed E-state index contributed by atoms with van der Waals surface area (Å²) in [5.41, 5.74) is 0.819. The third-order valence-electron chi connectivity index (χ3n) is 1.58. The Balaban J connectivity index is 2.83. The quantitative estimate of drug-likeness (QED) is 0.632. The Morgan fingerprint density at radius 3 is 2.47 bits per heavy atom. The molecule has 0 saturated heterocycles. The van der Waals surface area contributed by atoms with Gasteiger partial charge in [0.15, 0.2) is 0 Å². The highest BCUT2D eigenvalue weighted by Crippen LogP contribution is 2.15. The van der Waals surface area contributed by atoms with Crippen LogP contribution in [0.1, 0.15) is 6.92 Å². The van der Waals surface area contributed by atoms with Crippen LogP contribution in [-0.2, 0) is 4.79 Å². The Kier molecular flexibility index (Phi) is 4.00. The molecule has 78 valence electrons. The SMILES string of the molecule is C/C(N=Nc1ccccc1)=C(\Cl)C(=O)O. The van der Waals surface area contributed by atoms with Gasteiger partial charge in [-0.25, -0.2) is 4.79 Å². The average Bonchev–Trinajstić information content (AvgIpc) is 2.26. The molecule has 0 radical (unpaired) electrons. The zero-order valence-corrected chi connectivity index (χ0v) is 8.77. The normalized spacial score (nSPS) is 12.7. The van der Waals surface area contributed by atoms with Crippen LogP contribution in [0.15, 0.2) is 51.3 Å². The van der Waals surface area contributed by atoms with Gasteiger partial charge in [-0.1, -0.05) is 29.8 Å². The summed E-state index contributed by atoms with van der Waals surface area (Å²) in [6.07, 6.45) is 0. The largest absolute Gasteiger partial charge is 0.477 e. The third-order valence-corrected chi connectivity index (χ3v) is 2.01. The lowest BCUT2D eigenvalue weighted by Crippen LogP contribution is -1.95. The van der Waals surface area contributed by atoms with Crippen LogP contribution in [0, 0.1) is 0 Å². The van der Waals surface area contributed by atoms with Crippen molar-refractivity contribution in [2.24, 2.45) is 10.2 Å². The molecule has 15 heavy (non-hydrogen) atoms. The lowest BCUT2D eigenvalue weighted by molar-refractivity contribution is -0.131. The molecule has 0 aliphatic carbocycles. The highest BCUT2D eigenvalue weighted by atomic mass is 35.5. The number of allylic oxidation sites excluding steroid dienone is 1. The summed E-state index contributed by atoms with van der Waals surface area (Å²) in [7, 11) is 0. The van der Waals surface area contributed by atoms with E-state index in [1.807, 2.05) is 18.2 Å². The highest BCUT2D eigenvalue weighted by molar-refractivity contribution is 6.41. The smallest absolute Gasteiger partial charge is 0.349 e. The maximum Gasteiger partial charge on any atom is 0.349 e. The van der Waals surface area contributed by atoms with Gasteiger partial charge in [-0.05, 0) is 19.1 Å². The van der Waals surface area contributed by atoms with Crippen LogP contribution >= 0.6 is 11.6 Å². The molecular weight excluding hydrogens is 216 g/mol. The molecular formula is C10H9ClN2O2. The number of rotatable bonds is 3. The van der Waals surface area contributed by atoms with E-state index < -0.39 is 5.97 Å². The molecule has 0 unspecified atom stereocenters. The van der Waals surface area contributed by atoms with Gasteiger partial charge in [0, 0.05) is 0 Å². The van der Waals surface area contributed by atoms with Gasteiger partial charge in [-0.15, -0.1) is 0 Å². The Hall–Kier alpha value is -1.68. The van der Waals surface area contributed by atoms with Gasteiger partial charge in [0.2, 0.25) is 0 Å². The van der Waals surface area contributed by atoms with Gasteiger partial charge < -0.3 is 5.11 Å². The van der Waals surface area contributed by atoms with Crippen molar-refractivity contribution in [1.29, 1.82) is 0 Å². The second kappa shape index (κ2) is 5.26. The van der Waals surface area contributed by atoms with Gasteiger partial charge in [-0.3, -0.25) is 0 Å². The van der Waals surface area contributed by atoms with E-state index >= 15 is 0 Å². The first-order valence-corrected chi connectivity index (χ1v) is 4.55. The first kappa shape index (κ1) is 11.4. The maximum atomic E-state index is 10.5. The number of carboxylic acids is 1. The number of azo groups is 1. The number of aliphatic carboxylic acids is 1. The van der Waals surface area contributed by atoms with Gasteiger partial charge >= 0.3 is 5.97 Å². The summed E-state index contributed by atoms with van der Waals surface area (Å²) in [6.45, 7) is 1.49. The minimum atomic E-state index is -1.21. The topological polar surface area (TPSA) is 62.0 Å². The molecule has 0 heterocycles. The Labute approximate surface area is 91.9 Å². The Morgan fingerprint density at radius 2 is 1.93 bits per heavy atom. The maximum absolute atomic E-state index is 10.5. The summed E-state index contributed by atoms with van der Waals surface area (Å²) < 4.78 is 0. The fraction of sp³-hybridized carbons (Fsp3) is 0.100. The van der Waals surface area contributed by atoms with E-state index in [1.165, 1.54) is 6.92 Å². The van der Waals surface area contributed by atoms with Crippen LogP contribution in [0.5, 0.6) is 0 Å². The number of carboxylic acid groups (broad SMARTS) is 1. The molecule has 0 spiro atoms. The number of hydrogen-bond donors (Lipinski definition) is 1. The van der Waals surface area contributed by atoms with Crippen LogP contribution in [0.25, 0.3) is 0 Å². The second-order valence-corrected chi connectivity index (χ2v) is 3.12. The number of halogens is 1. The predicted octanol–water partition coefficient (Wildman–Crippen LogP) is 3.33. The van der Waals surface area contributed by atoms with Crippen LogP contribution in [0.2, 0.25) is 0 Å². The number of nitrogens with zero attached hydrogens (tertiary/aromatic N) is 2. The van der Waals surface area contributed by atoms with Crippen molar-refractivity contribution in [3.8, 4) is 0 Å². The second-order valence-electron chi connectivity index (χ2n) is 2.74. The molecule has 1 aromatic carbocycles. The number of benzene rings is 1. The predicted molar refractivity (Wildman–Crippen MR) is 57.1 cm³/mol. The molecule has 1 aromatic rings. The van der Waals surface area contributed by atoms with Crippen LogP contribution in [0.4, 0.5) is 5.69 Å². The van der Waals surface area contributed by atoms with E-state index in [2.05, 4.69) is 10.2 Å². The van der Waals surface area contributed by atoms with E-state index in [-0.39, 0.29) is 10.7 Å². The standard InChI is InChI=1S/C10H9ClN2O2/c1-7(9(11)10(14)15)12-13-8-5-3-2-4-6-8/h2-6H,1H3,(H,14,15)/b9-7+,13-12?. The van der Waals surface area contributed by atoms with Crippen molar-refractivity contribution in [1.82, 2.24) is 0 Å². The van der Waals surface area contributed by atoms with Crippen molar-refractivity contribution in [2.75, 3.05) is 0 Å². The molecule has 1 N–H and O–H groups in total. The van der Waals surface area contributed by atoms with Crippen LogP contribution in [0.3, 0.4) is 0 Å². The van der Waals surface area contributed by atoms with Crippen molar-refractivity contribution in [2.45, 2.75) is 6.92 Å². The molecule has 4 nitrogen and oxygen atoms in total. The summed E-state index contributed by atoms with van der Waals surface area (Å²) >= 11 is 5.46. The van der Waals surface area contributed by atoms with E-state index in [4.69, 9.17) is 16.7 Å². The summed E-state index contributed by atoms with van der Waals surface area (Å²) in [5, 5.41) is 15.8. The number of hydrogen-bond acceptors (Lipinski definition) is 3. The Bertz CT molecular complexity index is 413. The summed E-state index contributed by atoms with van der Waals surface area (Å²) in [5.74, 6) is -1.21. The molecule has 5 heteroatoms. The van der Waals surface area contributed by atoms with Gasteiger partial charge in [0.05, 0.1) is 11.4 Å². The molecule has 0 amide bonds. The van der Waals surface area contributed by atoms with Gasteiger partial charge in [-0.2, -0.15) is 10.2 Å². The molecule has 0 aromatic heterocycles.